The molecule has 0 heterocycles. The number of hydrogen-bond donors (Lipinski definition) is 0. The number of ether oxygens (including phenoxy) is 3. The van der Waals surface area contributed by atoms with Crippen molar-refractivity contribution in [1.82, 2.24) is 0 Å². The summed E-state index contributed by atoms with van der Waals surface area (Å²) in [4.78, 5) is 38.3. The minimum atomic E-state index is -0.789. The minimum Gasteiger partial charge on any atom is -0.462 e. The molecule has 0 aromatic carbocycles. The van der Waals surface area contributed by atoms with Crippen LogP contribution in [0, 0.1) is 0 Å². The molecule has 6 heteroatoms. The average Bonchev–Trinajstić information content (AvgIpc) is 3.46. The Morgan fingerprint density at radius 2 is 0.487 bits per heavy atom. The first-order chi connectivity index (χ1) is 39.5. The third-order valence-electron chi connectivity index (χ3n) is 14.2. The van der Waals surface area contributed by atoms with E-state index in [1.54, 1.807) is 0 Å². The molecule has 0 saturated carbocycles. The van der Waals surface area contributed by atoms with Crippen molar-refractivity contribution in [2.75, 3.05) is 13.2 Å². The highest BCUT2D eigenvalue weighted by Gasteiger charge is 2.19. The lowest BCUT2D eigenvalue weighted by molar-refractivity contribution is -0.167. The van der Waals surface area contributed by atoms with Crippen molar-refractivity contribution in [3.05, 3.63) is 122 Å². The summed E-state index contributed by atoms with van der Waals surface area (Å²) >= 11 is 0. The molecule has 0 aromatic rings. The Morgan fingerprint density at radius 3 is 0.800 bits per heavy atom. The van der Waals surface area contributed by atoms with Crippen molar-refractivity contribution < 1.29 is 28.6 Å². The average molecular weight is 1110 g/mol. The molecule has 0 radical (unpaired) electrons. The number of allylic oxidation sites excluding steroid dienone is 20. The second-order valence-corrected chi connectivity index (χ2v) is 22.0. The van der Waals surface area contributed by atoms with Gasteiger partial charge in [-0.2, -0.15) is 0 Å². The molecule has 0 aliphatic carbocycles. The molecule has 0 spiro atoms. The standard InChI is InChI=1S/C74H124O6/c1-4-7-10-13-16-19-22-25-27-28-29-30-31-32-33-34-35-36-37-38-39-40-41-42-43-44-45-46-48-49-52-55-58-61-64-67-73(76)79-70-71(69-78-72(75)66-63-60-57-54-51-24-21-18-15-12-9-6-3)80-74(77)68-65-62-59-56-53-50-47-26-23-20-17-14-11-8-5-2/h7,10,16,18-19,21,25-27,29-30,32-33,35-36,38-39,41-42,47,71H,4-6,8-9,11-15,17,20,22-24,28,31,34,37,40,43-46,48-70H2,1-3H3/b10-7-,19-16-,21-18-,27-25-,30-29-,33-32-,36-35-,39-38-,42-41-,47-26-. The van der Waals surface area contributed by atoms with Crippen molar-refractivity contribution in [1.29, 1.82) is 0 Å². The van der Waals surface area contributed by atoms with Gasteiger partial charge in [0, 0.05) is 19.3 Å². The Labute approximate surface area is 494 Å². The lowest BCUT2D eigenvalue weighted by Gasteiger charge is -2.18. The van der Waals surface area contributed by atoms with Crippen molar-refractivity contribution in [2.45, 2.75) is 316 Å². The second kappa shape index (κ2) is 67.3. The fraction of sp³-hybridized carbons (Fsp3) is 0.689. The minimum absolute atomic E-state index is 0.0861. The third kappa shape index (κ3) is 64.6. The highest BCUT2D eigenvalue weighted by molar-refractivity contribution is 5.71. The summed E-state index contributed by atoms with van der Waals surface area (Å²) in [5, 5.41) is 0. The zero-order valence-corrected chi connectivity index (χ0v) is 52.3. The van der Waals surface area contributed by atoms with E-state index in [-0.39, 0.29) is 31.1 Å². The highest BCUT2D eigenvalue weighted by atomic mass is 16.6. The fourth-order valence-corrected chi connectivity index (χ4v) is 9.15. The maximum Gasteiger partial charge on any atom is 0.306 e. The van der Waals surface area contributed by atoms with Gasteiger partial charge < -0.3 is 14.2 Å². The molecule has 0 rings (SSSR count). The summed E-state index contributed by atoms with van der Waals surface area (Å²) in [6, 6.07) is 0. The summed E-state index contributed by atoms with van der Waals surface area (Å²) < 4.78 is 16.9. The van der Waals surface area contributed by atoms with Crippen LogP contribution in [0.25, 0.3) is 0 Å². The number of esters is 3. The molecule has 0 amide bonds. The van der Waals surface area contributed by atoms with Gasteiger partial charge >= 0.3 is 17.9 Å². The molecule has 0 aliphatic heterocycles. The van der Waals surface area contributed by atoms with Crippen LogP contribution in [0.15, 0.2) is 122 Å². The van der Waals surface area contributed by atoms with E-state index in [4.69, 9.17) is 14.2 Å². The van der Waals surface area contributed by atoms with E-state index in [0.29, 0.717) is 19.3 Å². The summed E-state index contributed by atoms with van der Waals surface area (Å²) in [7, 11) is 0. The molecule has 0 N–H and O–H groups in total. The molecule has 0 bridgehead atoms. The Hall–Kier alpha value is -4.19. The van der Waals surface area contributed by atoms with Gasteiger partial charge in [-0.25, -0.2) is 0 Å². The SMILES string of the molecule is CC/C=C\C/C=C\C/C=C\C/C=C\C/C=C\C/C=C\C/C=C\C/C=C\CCCCCCCCCCCCC(=O)OCC(COC(=O)CCCCCCC/C=C\CCCCC)OC(=O)CCCCCCC/C=C\CCCCCCCC. The molecule has 1 unspecified atom stereocenters. The Kier molecular flexibility index (Phi) is 63.8. The van der Waals surface area contributed by atoms with Crippen LogP contribution in [0.5, 0.6) is 0 Å². The van der Waals surface area contributed by atoms with Gasteiger partial charge in [0.2, 0.25) is 0 Å². The first kappa shape index (κ1) is 75.8. The van der Waals surface area contributed by atoms with E-state index in [1.165, 1.54) is 141 Å². The molecule has 0 fully saturated rings. The molecule has 1 atom stereocenters. The zero-order chi connectivity index (χ0) is 57.8. The number of carbonyl (C=O) groups is 3. The molecule has 456 valence electrons. The number of hydrogen-bond acceptors (Lipinski definition) is 6. The maximum atomic E-state index is 12.9. The van der Waals surface area contributed by atoms with Gasteiger partial charge in [0.1, 0.15) is 13.2 Å². The highest BCUT2D eigenvalue weighted by Crippen LogP contribution is 2.15. The smallest absolute Gasteiger partial charge is 0.306 e. The first-order valence-corrected chi connectivity index (χ1v) is 33.5. The third-order valence-corrected chi connectivity index (χ3v) is 14.2. The van der Waals surface area contributed by atoms with Crippen LogP contribution in [0.4, 0.5) is 0 Å². The maximum absolute atomic E-state index is 12.9. The van der Waals surface area contributed by atoms with Crippen molar-refractivity contribution in [2.24, 2.45) is 0 Å². The molecule has 0 aliphatic rings. The number of carbonyl (C=O) groups excluding carboxylic acids is 3. The summed E-state index contributed by atoms with van der Waals surface area (Å²) in [6.45, 7) is 6.49. The van der Waals surface area contributed by atoms with Gasteiger partial charge in [0.15, 0.2) is 6.10 Å². The van der Waals surface area contributed by atoms with E-state index >= 15 is 0 Å². The zero-order valence-electron chi connectivity index (χ0n) is 52.3. The van der Waals surface area contributed by atoms with E-state index in [1.807, 2.05) is 0 Å². The Balaban J connectivity index is 4.21. The van der Waals surface area contributed by atoms with Crippen LogP contribution in [-0.4, -0.2) is 37.2 Å². The van der Waals surface area contributed by atoms with Crippen molar-refractivity contribution in [3.63, 3.8) is 0 Å². The number of unbranched alkanes of at least 4 members (excludes halogenated alkanes) is 29. The molecule has 0 aromatic heterocycles. The van der Waals surface area contributed by atoms with Gasteiger partial charge in [-0.1, -0.05) is 277 Å². The van der Waals surface area contributed by atoms with Crippen LogP contribution < -0.4 is 0 Å². The second-order valence-electron chi connectivity index (χ2n) is 22.0. The quantitative estimate of drug-likeness (QED) is 0.0261. The Morgan fingerprint density at radius 1 is 0.263 bits per heavy atom. The number of rotatable bonds is 60. The van der Waals surface area contributed by atoms with E-state index < -0.39 is 6.10 Å². The lowest BCUT2D eigenvalue weighted by atomic mass is 10.1. The van der Waals surface area contributed by atoms with Gasteiger partial charge in [0.05, 0.1) is 0 Å². The van der Waals surface area contributed by atoms with Gasteiger partial charge in [-0.15, -0.1) is 0 Å². The molecular weight excluding hydrogens is 985 g/mol. The van der Waals surface area contributed by atoms with E-state index in [2.05, 4.69) is 142 Å². The fourth-order valence-electron chi connectivity index (χ4n) is 9.15. The largest absolute Gasteiger partial charge is 0.462 e. The first-order valence-electron chi connectivity index (χ1n) is 33.5. The summed E-state index contributed by atoms with van der Waals surface area (Å²) in [5.41, 5.74) is 0. The summed E-state index contributed by atoms with van der Waals surface area (Å²) in [5.74, 6) is -0.901. The van der Waals surface area contributed by atoms with E-state index in [9.17, 15) is 14.4 Å². The Bertz CT molecular complexity index is 1650. The summed E-state index contributed by atoms with van der Waals surface area (Å²) in [6.07, 6.45) is 93.6. The normalized spacial score (nSPS) is 12.9. The van der Waals surface area contributed by atoms with Crippen LogP contribution in [0.1, 0.15) is 310 Å². The molecular formula is C74H124O6. The van der Waals surface area contributed by atoms with Crippen LogP contribution >= 0.6 is 0 Å². The van der Waals surface area contributed by atoms with E-state index in [0.717, 1.165) is 128 Å². The van der Waals surface area contributed by atoms with Gasteiger partial charge in [0.25, 0.3) is 0 Å². The van der Waals surface area contributed by atoms with Crippen molar-refractivity contribution >= 4 is 17.9 Å². The van der Waals surface area contributed by atoms with Gasteiger partial charge in [-0.05, 0) is 135 Å². The van der Waals surface area contributed by atoms with Gasteiger partial charge in [-0.3, -0.25) is 14.4 Å². The molecule has 80 heavy (non-hydrogen) atoms. The predicted molar refractivity (Wildman–Crippen MR) is 348 cm³/mol. The van der Waals surface area contributed by atoms with Crippen LogP contribution in [-0.2, 0) is 28.6 Å². The molecule has 6 nitrogen and oxygen atoms in total. The lowest BCUT2D eigenvalue weighted by Crippen LogP contribution is -2.30. The topological polar surface area (TPSA) is 78.9 Å². The van der Waals surface area contributed by atoms with Crippen LogP contribution in [0.2, 0.25) is 0 Å². The van der Waals surface area contributed by atoms with Crippen molar-refractivity contribution in [3.8, 4) is 0 Å². The molecule has 0 saturated heterocycles. The predicted octanol–water partition coefficient (Wildman–Crippen LogP) is 23.2. The van der Waals surface area contributed by atoms with Crippen LogP contribution in [0.3, 0.4) is 0 Å². The monoisotopic (exact) mass is 1110 g/mol.